The number of nitrogens with one attached hydrogen (secondary N) is 2. The smallest absolute Gasteiger partial charge is 0.258 e. The normalized spacial score (nSPS) is 11.2. The first-order chi connectivity index (χ1) is 11.2. The Morgan fingerprint density at radius 1 is 1.13 bits per heavy atom. The highest BCUT2D eigenvalue weighted by Gasteiger charge is 2.08. The molecule has 0 atom stereocenters. The van der Waals surface area contributed by atoms with Crippen LogP contribution in [-0.2, 0) is 6.54 Å². The third kappa shape index (κ3) is 3.08. The maximum Gasteiger partial charge on any atom is 0.258 e. The fraction of sp³-hybridized carbons (Fsp3) is 0.111. The number of rotatable bonds is 4. The van der Waals surface area contributed by atoms with Crippen molar-refractivity contribution in [2.75, 3.05) is 12.4 Å². The summed E-state index contributed by atoms with van der Waals surface area (Å²) < 4.78 is 0. The van der Waals surface area contributed by atoms with Crippen LogP contribution < -0.4 is 10.9 Å². The number of fused-ring (bicyclic) bond motifs is 1. The lowest BCUT2D eigenvalue weighted by Crippen LogP contribution is -2.07. The second kappa shape index (κ2) is 6.36. The van der Waals surface area contributed by atoms with Crippen molar-refractivity contribution in [3.05, 3.63) is 70.0 Å². The maximum atomic E-state index is 11.8. The van der Waals surface area contributed by atoms with Crippen LogP contribution in [0.4, 0.5) is 5.69 Å². The molecule has 5 heteroatoms. The lowest BCUT2D eigenvalue weighted by atomic mass is 10.1. The van der Waals surface area contributed by atoms with E-state index in [1.807, 2.05) is 37.4 Å². The first kappa shape index (κ1) is 14.8. The maximum absolute atomic E-state index is 11.8. The third-order valence-corrected chi connectivity index (χ3v) is 3.69. The van der Waals surface area contributed by atoms with E-state index in [9.17, 15) is 9.90 Å². The van der Waals surface area contributed by atoms with Gasteiger partial charge in [-0.3, -0.25) is 14.8 Å². The quantitative estimate of drug-likeness (QED) is 0.649. The molecule has 5 nitrogen and oxygen atoms in total. The van der Waals surface area contributed by atoms with Crippen LogP contribution in [0, 0.1) is 0 Å². The summed E-state index contributed by atoms with van der Waals surface area (Å²) in [6.07, 6.45) is 1.60. The molecule has 3 aromatic rings. The van der Waals surface area contributed by atoms with Gasteiger partial charge >= 0.3 is 0 Å². The minimum absolute atomic E-state index is 0.164. The van der Waals surface area contributed by atoms with Gasteiger partial charge in [-0.2, -0.15) is 0 Å². The molecule has 1 aromatic heterocycles. The summed E-state index contributed by atoms with van der Waals surface area (Å²) in [7, 11) is 1.87. The highest BCUT2D eigenvalue weighted by molar-refractivity contribution is 6.01. The number of hydrogen-bond acceptors (Lipinski definition) is 4. The lowest BCUT2D eigenvalue weighted by molar-refractivity contribution is 0.452. The molecule has 0 saturated heterocycles. The van der Waals surface area contributed by atoms with Crippen molar-refractivity contribution in [2.24, 2.45) is 4.99 Å². The molecule has 0 saturated carbocycles. The second-order valence-corrected chi connectivity index (χ2v) is 5.18. The molecular formula is C18H17N3O2. The van der Waals surface area contributed by atoms with Crippen LogP contribution in [0.25, 0.3) is 10.8 Å². The fourth-order valence-electron chi connectivity index (χ4n) is 2.44. The zero-order chi connectivity index (χ0) is 16.2. The van der Waals surface area contributed by atoms with Gasteiger partial charge in [0.1, 0.15) is 0 Å². The molecule has 0 fully saturated rings. The molecule has 0 aliphatic rings. The summed E-state index contributed by atoms with van der Waals surface area (Å²) >= 11 is 0. The van der Waals surface area contributed by atoms with E-state index in [1.165, 1.54) is 0 Å². The highest BCUT2D eigenvalue weighted by Crippen LogP contribution is 2.20. The molecule has 2 aromatic carbocycles. The molecule has 0 spiro atoms. The predicted octanol–water partition coefficient (Wildman–Crippen LogP) is 2.89. The molecule has 0 unspecified atom stereocenters. The van der Waals surface area contributed by atoms with Crippen LogP contribution in [0.1, 0.15) is 11.1 Å². The summed E-state index contributed by atoms with van der Waals surface area (Å²) in [4.78, 5) is 18.7. The Balaban J connectivity index is 1.90. The van der Waals surface area contributed by atoms with Gasteiger partial charge in [-0.1, -0.05) is 30.3 Å². The van der Waals surface area contributed by atoms with Crippen LogP contribution >= 0.6 is 0 Å². The van der Waals surface area contributed by atoms with Gasteiger partial charge < -0.3 is 10.4 Å². The van der Waals surface area contributed by atoms with Crippen LogP contribution in [-0.4, -0.2) is 23.4 Å². The monoisotopic (exact) mass is 307 g/mol. The summed E-state index contributed by atoms with van der Waals surface area (Å²) in [6, 6.07) is 15.1. The van der Waals surface area contributed by atoms with E-state index in [1.54, 1.807) is 24.4 Å². The van der Waals surface area contributed by atoms with Gasteiger partial charge in [0, 0.05) is 29.7 Å². The van der Waals surface area contributed by atoms with Gasteiger partial charge in [-0.05, 0) is 23.8 Å². The average Bonchev–Trinajstić information content (AvgIpc) is 2.58. The number of pyridine rings is 1. The van der Waals surface area contributed by atoms with E-state index in [-0.39, 0.29) is 11.4 Å². The van der Waals surface area contributed by atoms with E-state index in [0.29, 0.717) is 22.9 Å². The Hall–Kier alpha value is -3.08. The minimum Gasteiger partial charge on any atom is -0.494 e. The molecular weight excluding hydrogens is 290 g/mol. The summed E-state index contributed by atoms with van der Waals surface area (Å²) in [5.74, 6) is -0.164. The van der Waals surface area contributed by atoms with Crippen molar-refractivity contribution < 1.29 is 5.11 Å². The van der Waals surface area contributed by atoms with E-state index in [2.05, 4.69) is 15.3 Å². The minimum atomic E-state index is -0.307. The van der Waals surface area contributed by atoms with E-state index < -0.39 is 0 Å². The SMILES string of the molecule is CNc1ccc(CN=Cc2c(O)[nH]c(=O)c3ccccc23)cc1. The van der Waals surface area contributed by atoms with Crippen molar-refractivity contribution in [3.63, 3.8) is 0 Å². The van der Waals surface area contributed by atoms with E-state index >= 15 is 0 Å². The van der Waals surface area contributed by atoms with Gasteiger partial charge in [0.2, 0.25) is 5.88 Å². The van der Waals surface area contributed by atoms with Crippen LogP contribution in [0.2, 0.25) is 0 Å². The number of aromatic nitrogens is 1. The number of aromatic amines is 1. The van der Waals surface area contributed by atoms with E-state index in [0.717, 1.165) is 11.3 Å². The Bertz CT molecular complexity index is 912. The molecule has 1 heterocycles. The average molecular weight is 307 g/mol. The molecule has 0 bridgehead atoms. The standard InChI is InChI=1S/C18H17N3O2/c1-19-13-8-6-12(7-9-13)10-20-11-16-14-4-2-3-5-15(14)17(22)21-18(16)23/h2-9,11,19H,10H2,1H3,(H2,21,22,23). The van der Waals surface area contributed by atoms with Crippen molar-refractivity contribution in [2.45, 2.75) is 6.54 Å². The zero-order valence-electron chi connectivity index (χ0n) is 12.7. The molecule has 0 amide bonds. The van der Waals surface area contributed by atoms with Crippen molar-refractivity contribution in [1.82, 2.24) is 4.98 Å². The molecule has 0 radical (unpaired) electrons. The van der Waals surface area contributed by atoms with Crippen molar-refractivity contribution in [3.8, 4) is 5.88 Å². The number of aromatic hydroxyl groups is 1. The number of hydrogen-bond donors (Lipinski definition) is 3. The largest absolute Gasteiger partial charge is 0.494 e. The number of nitrogens with zero attached hydrogens (tertiary/aromatic N) is 1. The molecule has 0 aliphatic heterocycles. The Labute approximate surface area is 133 Å². The Morgan fingerprint density at radius 3 is 2.52 bits per heavy atom. The highest BCUT2D eigenvalue weighted by atomic mass is 16.3. The summed E-state index contributed by atoms with van der Waals surface area (Å²) in [5.41, 5.74) is 2.32. The van der Waals surface area contributed by atoms with Gasteiger partial charge in [-0.25, -0.2) is 0 Å². The van der Waals surface area contributed by atoms with Crippen molar-refractivity contribution in [1.29, 1.82) is 0 Å². The molecule has 0 aliphatic carbocycles. The summed E-state index contributed by atoms with van der Waals surface area (Å²) in [5, 5.41) is 14.3. The first-order valence-corrected chi connectivity index (χ1v) is 7.29. The predicted molar refractivity (Wildman–Crippen MR) is 93.5 cm³/mol. The van der Waals surface area contributed by atoms with Crippen molar-refractivity contribution >= 4 is 22.7 Å². The van der Waals surface area contributed by atoms with Gasteiger partial charge in [0.15, 0.2) is 0 Å². The number of anilines is 1. The van der Waals surface area contributed by atoms with Crippen LogP contribution in [0.3, 0.4) is 0 Å². The first-order valence-electron chi connectivity index (χ1n) is 7.29. The summed E-state index contributed by atoms with van der Waals surface area (Å²) in [6.45, 7) is 0.497. The Kier molecular flexibility index (Phi) is 4.10. The number of benzene rings is 2. The number of H-pyrrole nitrogens is 1. The van der Waals surface area contributed by atoms with Gasteiger partial charge in [0.25, 0.3) is 5.56 Å². The molecule has 116 valence electrons. The molecule has 3 rings (SSSR count). The van der Waals surface area contributed by atoms with Gasteiger partial charge in [0.05, 0.1) is 12.1 Å². The van der Waals surface area contributed by atoms with Crippen LogP contribution in [0.5, 0.6) is 5.88 Å². The number of aliphatic imine (C=N–C) groups is 1. The van der Waals surface area contributed by atoms with Crippen LogP contribution in [0.15, 0.2) is 58.3 Å². The Morgan fingerprint density at radius 2 is 1.83 bits per heavy atom. The fourth-order valence-corrected chi connectivity index (χ4v) is 2.44. The zero-order valence-corrected chi connectivity index (χ0v) is 12.7. The van der Waals surface area contributed by atoms with E-state index in [4.69, 9.17) is 0 Å². The second-order valence-electron chi connectivity index (χ2n) is 5.18. The lowest BCUT2D eigenvalue weighted by Gasteiger charge is -2.04. The molecule has 3 N–H and O–H groups in total. The third-order valence-electron chi connectivity index (χ3n) is 3.69. The molecule has 23 heavy (non-hydrogen) atoms. The van der Waals surface area contributed by atoms with Gasteiger partial charge in [-0.15, -0.1) is 0 Å². The topological polar surface area (TPSA) is 77.5 Å².